The van der Waals surface area contributed by atoms with Gasteiger partial charge in [-0.2, -0.15) is 18.3 Å². The molecule has 3 aromatic heterocycles. The summed E-state index contributed by atoms with van der Waals surface area (Å²) >= 11 is 1.42. The van der Waals surface area contributed by atoms with Crippen molar-refractivity contribution in [1.82, 2.24) is 24.7 Å². The highest BCUT2D eigenvalue weighted by Crippen LogP contribution is 2.34. The fourth-order valence-corrected chi connectivity index (χ4v) is 3.97. The van der Waals surface area contributed by atoms with Crippen LogP contribution in [0.25, 0.3) is 21.0 Å². The zero-order valence-electron chi connectivity index (χ0n) is 17.3. The van der Waals surface area contributed by atoms with Crippen LogP contribution in [0.1, 0.15) is 11.3 Å². The SMILES string of the molecule is Cc1cc(Nc2nccc(C(F)(F)F)n2)cc(-c2cnc(-c3cnn(CC(O)CO)c3)s2)c1. The van der Waals surface area contributed by atoms with Gasteiger partial charge in [0.1, 0.15) is 10.7 Å². The van der Waals surface area contributed by atoms with E-state index in [0.29, 0.717) is 10.7 Å². The van der Waals surface area contributed by atoms with Crippen LogP contribution in [-0.4, -0.2) is 47.7 Å². The van der Waals surface area contributed by atoms with Gasteiger partial charge < -0.3 is 15.5 Å². The Labute approximate surface area is 190 Å². The highest BCUT2D eigenvalue weighted by molar-refractivity contribution is 7.18. The molecule has 1 unspecified atom stereocenters. The van der Waals surface area contributed by atoms with Crippen LogP contribution in [0, 0.1) is 6.92 Å². The molecule has 0 bridgehead atoms. The third-order valence-electron chi connectivity index (χ3n) is 4.56. The lowest BCUT2D eigenvalue weighted by Gasteiger charge is -2.10. The van der Waals surface area contributed by atoms with Crippen molar-refractivity contribution in [3.8, 4) is 21.0 Å². The number of aliphatic hydroxyl groups excluding tert-OH is 2. The molecule has 0 fully saturated rings. The predicted octanol–water partition coefficient (Wildman–Crippen LogP) is 3.89. The fraction of sp³-hybridized carbons (Fsp3) is 0.238. The van der Waals surface area contributed by atoms with Gasteiger partial charge in [0.2, 0.25) is 5.95 Å². The summed E-state index contributed by atoms with van der Waals surface area (Å²) in [6, 6.07) is 6.33. The highest BCUT2D eigenvalue weighted by atomic mass is 32.1. The first-order valence-corrected chi connectivity index (χ1v) is 10.6. The maximum atomic E-state index is 12.9. The molecule has 0 aliphatic rings. The van der Waals surface area contributed by atoms with Crippen molar-refractivity contribution in [1.29, 1.82) is 0 Å². The molecule has 1 atom stereocenters. The second-order valence-corrected chi connectivity index (χ2v) is 8.32. The maximum Gasteiger partial charge on any atom is 0.433 e. The van der Waals surface area contributed by atoms with Gasteiger partial charge in [0.15, 0.2) is 0 Å². The van der Waals surface area contributed by atoms with Gasteiger partial charge in [-0.05, 0) is 36.2 Å². The van der Waals surface area contributed by atoms with Crippen LogP contribution in [0.3, 0.4) is 0 Å². The van der Waals surface area contributed by atoms with E-state index in [9.17, 15) is 18.3 Å². The topological polar surface area (TPSA) is 109 Å². The van der Waals surface area contributed by atoms with E-state index in [1.807, 2.05) is 13.0 Å². The zero-order valence-corrected chi connectivity index (χ0v) is 18.1. The van der Waals surface area contributed by atoms with Gasteiger partial charge in [-0.25, -0.2) is 15.0 Å². The summed E-state index contributed by atoms with van der Waals surface area (Å²) in [5.74, 6) is -0.149. The molecule has 4 aromatic rings. The molecule has 0 spiro atoms. The lowest BCUT2D eigenvalue weighted by atomic mass is 10.1. The summed E-state index contributed by atoms with van der Waals surface area (Å²) in [4.78, 5) is 12.7. The van der Waals surface area contributed by atoms with Gasteiger partial charge in [-0.15, -0.1) is 11.3 Å². The van der Waals surface area contributed by atoms with Gasteiger partial charge in [0, 0.05) is 29.8 Å². The monoisotopic (exact) mass is 476 g/mol. The Morgan fingerprint density at radius 3 is 2.73 bits per heavy atom. The van der Waals surface area contributed by atoms with Crippen LogP contribution in [0.5, 0.6) is 0 Å². The number of hydrogen-bond acceptors (Lipinski definition) is 8. The Kier molecular flexibility index (Phi) is 6.40. The number of alkyl halides is 3. The van der Waals surface area contributed by atoms with Gasteiger partial charge in [-0.1, -0.05) is 6.07 Å². The van der Waals surface area contributed by atoms with Crippen LogP contribution in [0.2, 0.25) is 0 Å². The van der Waals surface area contributed by atoms with E-state index >= 15 is 0 Å². The molecule has 3 N–H and O–H groups in total. The number of hydrogen-bond donors (Lipinski definition) is 3. The van der Waals surface area contributed by atoms with Crippen LogP contribution in [0.15, 0.2) is 49.1 Å². The van der Waals surface area contributed by atoms with Crippen molar-refractivity contribution in [3.05, 3.63) is 60.3 Å². The molecule has 0 aliphatic heterocycles. The number of thiazole rings is 1. The molecule has 3 heterocycles. The molecular formula is C21H19F3N6O2S. The Bertz CT molecular complexity index is 1260. The van der Waals surface area contributed by atoms with E-state index in [0.717, 1.165) is 33.8 Å². The van der Waals surface area contributed by atoms with Gasteiger partial charge in [-0.3, -0.25) is 4.68 Å². The number of rotatable bonds is 7. The highest BCUT2D eigenvalue weighted by Gasteiger charge is 2.32. The molecule has 0 saturated carbocycles. The third-order valence-corrected chi connectivity index (χ3v) is 5.65. The molecule has 0 aliphatic carbocycles. The minimum Gasteiger partial charge on any atom is -0.394 e. The number of anilines is 2. The zero-order chi connectivity index (χ0) is 23.6. The molecule has 0 amide bonds. The molecule has 12 heteroatoms. The Balaban J connectivity index is 1.56. The lowest BCUT2D eigenvalue weighted by Crippen LogP contribution is -2.19. The molecule has 8 nitrogen and oxygen atoms in total. The number of benzene rings is 1. The van der Waals surface area contributed by atoms with Crippen molar-refractivity contribution in [3.63, 3.8) is 0 Å². The van der Waals surface area contributed by atoms with Gasteiger partial charge in [0.05, 0.1) is 30.3 Å². The summed E-state index contributed by atoms with van der Waals surface area (Å²) in [6.07, 6.45) is 0.670. The second kappa shape index (κ2) is 9.25. The van der Waals surface area contributed by atoms with Crippen molar-refractivity contribution in [2.24, 2.45) is 0 Å². The number of aromatic nitrogens is 5. The first-order valence-electron chi connectivity index (χ1n) is 9.78. The van der Waals surface area contributed by atoms with Gasteiger partial charge >= 0.3 is 6.18 Å². The molecule has 172 valence electrons. The molecular weight excluding hydrogens is 457 g/mol. The van der Waals surface area contributed by atoms with Crippen molar-refractivity contribution >= 4 is 23.0 Å². The number of halogens is 3. The standard InChI is InChI=1S/C21H19F3N6O2S/c1-12-4-13(6-15(5-12)28-20-25-3-2-18(29-20)21(22,23)24)17-8-26-19(33-17)14-7-27-30(9-14)10-16(32)11-31/h2-9,16,31-32H,10-11H2,1H3,(H,25,28,29). The van der Waals surface area contributed by atoms with Gasteiger partial charge in [0.25, 0.3) is 0 Å². The van der Waals surface area contributed by atoms with E-state index in [-0.39, 0.29) is 19.1 Å². The quantitative estimate of drug-likeness (QED) is 0.371. The summed E-state index contributed by atoms with van der Waals surface area (Å²) in [5, 5.41) is 26.3. The first kappa shape index (κ1) is 22.8. The van der Waals surface area contributed by atoms with Crippen LogP contribution in [0.4, 0.5) is 24.8 Å². The first-order chi connectivity index (χ1) is 15.7. The molecule has 0 saturated heterocycles. The molecule has 33 heavy (non-hydrogen) atoms. The van der Waals surface area contributed by atoms with Crippen molar-refractivity contribution < 1.29 is 23.4 Å². The van der Waals surface area contributed by atoms with E-state index in [4.69, 9.17) is 5.11 Å². The second-order valence-electron chi connectivity index (χ2n) is 7.29. The number of nitrogens with one attached hydrogen (secondary N) is 1. The maximum absolute atomic E-state index is 12.9. The summed E-state index contributed by atoms with van der Waals surface area (Å²) in [6.45, 7) is 1.69. The minimum atomic E-state index is -4.56. The van der Waals surface area contributed by atoms with E-state index in [1.165, 1.54) is 16.0 Å². The summed E-state index contributed by atoms with van der Waals surface area (Å²) < 4.78 is 40.3. The van der Waals surface area contributed by atoms with E-state index in [2.05, 4.69) is 25.4 Å². The van der Waals surface area contributed by atoms with Crippen molar-refractivity contribution in [2.45, 2.75) is 25.7 Å². The van der Waals surface area contributed by atoms with Crippen LogP contribution in [-0.2, 0) is 12.7 Å². The van der Waals surface area contributed by atoms with Crippen LogP contribution >= 0.6 is 11.3 Å². The average Bonchev–Trinajstić information content (AvgIpc) is 3.42. The normalized spacial score (nSPS) is 12.7. The van der Waals surface area contributed by atoms with E-state index < -0.39 is 18.0 Å². The smallest absolute Gasteiger partial charge is 0.394 e. The predicted molar refractivity (Wildman–Crippen MR) is 117 cm³/mol. The average molecular weight is 476 g/mol. The number of aliphatic hydroxyl groups is 2. The minimum absolute atomic E-state index is 0.149. The Morgan fingerprint density at radius 1 is 1.15 bits per heavy atom. The van der Waals surface area contributed by atoms with E-state index in [1.54, 1.807) is 30.7 Å². The van der Waals surface area contributed by atoms with Crippen molar-refractivity contribution in [2.75, 3.05) is 11.9 Å². The molecule has 1 aromatic carbocycles. The Morgan fingerprint density at radius 2 is 1.97 bits per heavy atom. The third kappa shape index (κ3) is 5.53. The largest absolute Gasteiger partial charge is 0.433 e. The number of nitrogens with zero attached hydrogens (tertiary/aromatic N) is 5. The summed E-state index contributed by atoms with van der Waals surface area (Å²) in [7, 11) is 0. The van der Waals surface area contributed by atoms with Crippen LogP contribution < -0.4 is 5.32 Å². The summed E-state index contributed by atoms with van der Waals surface area (Å²) in [5.41, 5.74) is 2.01. The number of aryl methyl sites for hydroxylation is 1. The lowest BCUT2D eigenvalue weighted by molar-refractivity contribution is -0.141. The fourth-order valence-electron chi connectivity index (χ4n) is 3.09. The Hall–Kier alpha value is -3.35. The molecule has 0 radical (unpaired) electrons. The molecule has 4 rings (SSSR count).